The minimum atomic E-state index is -5.03. The van der Waals surface area contributed by atoms with Crippen LogP contribution in [0.3, 0.4) is 0 Å². The monoisotopic (exact) mass is 495 g/mol. The SMILES string of the molecule is CC(OC(=O)c1cc(S(N)(=O)=O)ccc1Cl)C(=O)Nc1ccc([N+](=O)[O-])cc1C(F)(F)F. The van der Waals surface area contributed by atoms with Crippen LogP contribution in [0.2, 0.25) is 5.02 Å². The third-order valence-corrected chi connectivity index (χ3v) is 5.16. The molecule has 0 aliphatic rings. The molecule has 0 aromatic heterocycles. The van der Waals surface area contributed by atoms with E-state index in [2.05, 4.69) is 0 Å². The fourth-order valence-corrected chi connectivity index (χ4v) is 3.07. The van der Waals surface area contributed by atoms with Gasteiger partial charge in [0.2, 0.25) is 10.0 Å². The normalized spacial score (nSPS) is 12.7. The number of ether oxygens (including phenoxy) is 1. The number of esters is 1. The van der Waals surface area contributed by atoms with E-state index < -0.39 is 66.5 Å². The first kappa shape index (κ1) is 25.0. The Morgan fingerprint density at radius 3 is 2.38 bits per heavy atom. The number of halogens is 4. The maximum Gasteiger partial charge on any atom is 0.418 e. The average molecular weight is 496 g/mol. The Balaban J connectivity index is 2.24. The smallest absolute Gasteiger partial charge is 0.418 e. The van der Waals surface area contributed by atoms with Crippen LogP contribution in [-0.2, 0) is 25.7 Å². The summed E-state index contributed by atoms with van der Waals surface area (Å²) in [6, 6.07) is 4.56. The molecule has 3 N–H and O–H groups in total. The second kappa shape index (κ2) is 9.10. The van der Waals surface area contributed by atoms with E-state index in [0.717, 1.165) is 31.2 Å². The van der Waals surface area contributed by atoms with Gasteiger partial charge in [-0.2, -0.15) is 13.2 Å². The van der Waals surface area contributed by atoms with Gasteiger partial charge in [0.15, 0.2) is 6.10 Å². The summed E-state index contributed by atoms with van der Waals surface area (Å²) in [5.74, 6) is -2.45. The van der Waals surface area contributed by atoms with Crippen LogP contribution in [0.1, 0.15) is 22.8 Å². The molecule has 15 heteroatoms. The van der Waals surface area contributed by atoms with E-state index in [9.17, 15) is 41.3 Å². The van der Waals surface area contributed by atoms with E-state index in [0.29, 0.717) is 6.07 Å². The van der Waals surface area contributed by atoms with Crippen molar-refractivity contribution in [3.05, 3.63) is 62.7 Å². The number of amides is 1. The lowest BCUT2D eigenvalue weighted by molar-refractivity contribution is -0.385. The number of carbonyl (C=O) groups excluding carboxylic acids is 2. The molecule has 2 rings (SSSR count). The van der Waals surface area contributed by atoms with Crippen molar-refractivity contribution in [2.75, 3.05) is 5.32 Å². The van der Waals surface area contributed by atoms with Crippen molar-refractivity contribution in [1.29, 1.82) is 0 Å². The number of anilines is 1. The number of primary sulfonamides is 1. The maximum absolute atomic E-state index is 13.2. The number of nitrogens with zero attached hydrogens (tertiary/aromatic N) is 1. The Kier molecular flexibility index (Phi) is 7.12. The van der Waals surface area contributed by atoms with Gasteiger partial charge >= 0.3 is 12.1 Å². The first-order chi connectivity index (χ1) is 14.6. The topological polar surface area (TPSA) is 159 Å². The zero-order chi connectivity index (χ0) is 24.4. The Hall–Kier alpha value is -3.23. The molecule has 172 valence electrons. The van der Waals surface area contributed by atoms with Gasteiger partial charge in [0, 0.05) is 12.1 Å². The predicted octanol–water partition coefficient (Wildman–Crippen LogP) is 3.10. The summed E-state index contributed by atoms with van der Waals surface area (Å²) in [6.07, 6.45) is -6.69. The Labute approximate surface area is 183 Å². The molecule has 1 unspecified atom stereocenters. The van der Waals surface area contributed by atoms with Gasteiger partial charge in [0.25, 0.3) is 11.6 Å². The van der Waals surface area contributed by atoms with E-state index in [-0.39, 0.29) is 11.1 Å². The first-order valence-electron chi connectivity index (χ1n) is 8.31. The summed E-state index contributed by atoms with van der Waals surface area (Å²) in [4.78, 5) is 33.8. The summed E-state index contributed by atoms with van der Waals surface area (Å²) < 4.78 is 67.3. The molecule has 0 aliphatic carbocycles. The third kappa shape index (κ3) is 5.93. The molecule has 0 saturated heterocycles. The number of hydrogen-bond donors (Lipinski definition) is 2. The van der Waals surface area contributed by atoms with Crippen molar-refractivity contribution < 1.29 is 40.8 Å². The van der Waals surface area contributed by atoms with E-state index in [1.54, 1.807) is 0 Å². The fourth-order valence-electron chi connectivity index (χ4n) is 2.34. The number of hydrogen-bond acceptors (Lipinski definition) is 7. The molecule has 0 spiro atoms. The second-order valence-electron chi connectivity index (χ2n) is 6.21. The van der Waals surface area contributed by atoms with E-state index in [1.165, 1.54) is 0 Å². The minimum Gasteiger partial charge on any atom is -0.449 e. The van der Waals surface area contributed by atoms with Crippen LogP contribution in [0.4, 0.5) is 24.5 Å². The molecular weight excluding hydrogens is 483 g/mol. The van der Waals surface area contributed by atoms with E-state index in [4.69, 9.17) is 21.5 Å². The zero-order valence-corrected chi connectivity index (χ0v) is 17.4. The number of nitro benzene ring substituents is 1. The molecule has 1 atom stereocenters. The minimum absolute atomic E-state index is 0.232. The molecule has 0 aliphatic heterocycles. The molecule has 0 saturated carbocycles. The second-order valence-corrected chi connectivity index (χ2v) is 8.18. The lowest BCUT2D eigenvalue weighted by atomic mass is 10.1. The molecule has 0 heterocycles. The lowest BCUT2D eigenvalue weighted by Gasteiger charge is -2.17. The van der Waals surface area contributed by atoms with Gasteiger partial charge < -0.3 is 10.1 Å². The maximum atomic E-state index is 13.2. The van der Waals surface area contributed by atoms with Crippen LogP contribution in [0.5, 0.6) is 0 Å². The Morgan fingerprint density at radius 2 is 1.84 bits per heavy atom. The van der Waals surface area contributed by atoms with Crippen molar-refractivity contribution in [2.45, 2.75) is 24.1 Å². The number of nitrogens with one attached hydrogen (secondary N) is 1. The average Bonchev–Trinajstić information content (AvgIpc) is 2.66. The molecule has 32 heavy (non-hydrogen) atoms. The van der Waals surface area contributed by atoms with Crippen LogP contribution in [-0.4, -0.2) is 31.3 Å². The summed E-state index contributed by atoms with van der Waals surface area (Å²) in [7, 11) is -4.19. The lowest BCUT2D eigenvalue weighted by Crippen LogP contribution is -2.31. The summed E-state index contributed by atoms with van der Waals surface area (Å²) in [5, 5.41) is 17.3. The van der Waals surface area contributed by atoms with Gasteiger partial charge in [-0.25, -0.2) is 18.4 Å². The van der Waals surface area contributed by atoms with Gasteiger partial charge in [-0.15, -0.1) is 0 Å². The highest BCUT2D eigenvalue weighted by Crippen LogP contribution is 2.37. The number of rotatable bonds is 6. The first-order valence-corrected chi connectivity index (χ1v) is 10.2. The van der Waals surface area contributed by atoms with Crippen molar-refractivity contribution >= 4 is 44.9 Å². The van der Waals surface area contributed by atoms with Gasteiger partial charge in [0.05, 0.1) is 31.7 Å². The molecule has 0 bridgehead atoms. The molecule has 0 fully saturated rings. The van der Waals surface area contributed by atoms with Crippen LogP contribution >= 0.6 is 11.6 Å². The highest BCUT2D eigenvalue weighted by atomic mass is 35.5. The van der Waals surface area contributed by atoms with Gasteiger partial charge in [-0.3, -0.25) is 14.9 Å². The molecular formula is C17H13ClF3N3O7S. The summed E-state index contributed by atoms with van der Waals surface area (Å²) in [5.41, 5.74) is -3.59. The largest absolute Gasteiger partial charge is 0.449 e. The van der Waals surface area contributed by atoms with Crippen LogP contribution in [0.15, 0.2) is 41.3 Å². The van der Waals surface area contributed by atoms with Gasteiger partial charge in [-0.1, -0.05) is 11.6 Å². The predicted molar refractivity (Wildman–Crippen MR) is 104 cm³/mol. The number of nitro groups is 1. The molecule has 2 aromatic carbocycles. The Morgan fingerprint density at radius 1 is 1.22 bits per heavy atom. The Bertz CT molecular complexity index is 1200. The number of nitrogens with two attached hydrogens (primary N) is 1. The van der Waals surface area contributed by atoms with Crippen LogP contribution in [0, 0.1) is 10.1 Å². The third-order valence-electron chi connectivity index (χ3n) is 3.92. The van der Waals surface area contributed by atoms with E-state index in [1.807, 2.05) is 5.32 Å². The van der Waals surface area contributed by atoms with Crippen LogP contribution in [0.25, 0.3) is 0 Å². The van der Waals surface area contributed by atoms with Crippen LogP contribution < -0.4 is 10.5 Å². The number of benzene rings is 2. The molecule has 10 nitrogen and oxygen atoms in total. The van der Waals surface area contributed by atoms with Crippen molar-refractivity contribution in [2.24, 2.45) is 5.14 Å². The quantitative estimate of drug-likeness (QED) is 0.354. The van der Waals surface area contributed by atoms with E-state index >= 15 is 0 Å². The zero-order valence-electron chi connectivity index (χ0n) is 15.8. The van der Waals surface area contributed by atoms with Gasteiger partial charge in [-0.05, 0) is 31.2 Å². The molecule has 0 radical (unpaired) electrons. The molecule has 2 aromatic rings. The van der Waals surface area contributed by atoms with Crippen molar-refractivity contribution in [3.63, 3.8) is 0 Å². The van der Waals surface area contributed by atoms with Gasteiger partial charge in [0.1, 0.15) is 0 Å². The summed E-state index contributed by atoms with van der Waals surface area (Å²) >= 11 is 5.83. The van der Waals surface area contributed by atoms with Crippen molar-refractivity contribution in [3.8, 4) is 0 Å². The summed E-state index contributed by atoms with van der Waals surface area (Å²) in [6.45, 7) is 1.03. The highest BCUT2D eigenvalue weighted by molar-refractivity contribution is 7.89. The standard InChI is InChI=1S/C17H13ClF3N3O7S/c1-8(31-16(26)11-7-10(32(22,29)30)3-4-13(11)18)15(25)23-14-5-2-9(24(27)28)6-12(14)17(19,20)21/h2-8H,1H3,(H,23,25)(H2,22,29,30). The number of carbonyl (C=O) groups is 2. The number of non-ortho nitro benzene ring substituents is 1. The number of sulfonamides is 1. The fraction of sp³-hybridized carbons (Fsp3) is 0.176. The van der Waals surface area contributed by atoms with Crippen molar-refractivity contribution in [1.82, 2.24) is 0 Å². The highest BCUT2D eigenvalue weighted by Gasteiger charge is 2.36. The molecule has 1 amide bonds. The number of alkyl halides is 3.